The lowest BCUT2D eigenvalue weighted by Gasteiger charge is -2.15. The van der Waals surface area contributed by atoms with Crippen molar-refractivity contribution in [1.82, 2.24) is 0 Å². The van der Waals surface area contributed by atoms with Crippen LogP contribution in [0.5, 0.6) is 0 Å². The monoisotopic (exact) mass is 300 g/mol. The van der Waals surface area contributed by atoms with Gasteiger partial charge in [0, 0.05) is 18.0 Å². The van der Waals surface area contributed by atoms with Crippen LogP contribution in [0.25, 0.3) is 0 Å². The molecule has 0 unspecified atom stereocenters. The summed E-state index contributed by atoms with van der Waals surface area (Å²) < 4.78 is 0. The molecule has 0 saturated carbocycles. The van der Waals surface area contributed by atoms with Crippen LogP contribution in [0, 0.1) is 13.8 Å². The minimum atomic E-state index is 0. The number of hydrogen-bond donors (Lipinski definition) is 1. The Bertz CT molecular complexity index is 391. The number of nitrogens with one attached hydrogen (secondary N) is 1. The Balaban J connectivity index is 0.00000128. The second-order valence-corrected chi connectivity index (χ2v) is 4.84. The number of halogens is 1. The molecule has 0 aliphatic carbocycles. The standard InChI is InChI=1S/C12H16N2S.BrH/c1-9-5-3-6-11(10(9)2)14-12-13-7-4-8-15-12;/h3,5-6H,4,7-8H2,1-2H3,(H,13,14);1H. The van der Waals surface area contributed by atoms with E-state index in [-0.39, 0.29) is 17.0 Å². The smallest absolute Gasteiger partial charge is 0.161 e. The minimum Gasteiger partial charge on any atom is -0.335 e. The van der Waals surface area contributed by atoms with E-state index in [1.165, 1.54) is 29.0 Å². The fourth-order valence-electron chi connectivity index (χ4n) is 1.54. The minimum absolute atomic E-state index is 0. The first-order chi connectivity index (χ1) is 7.27. The summed E-state index contributed by atoms with van der Waals surface area (Å²) in [6.07, 6.45) is 1.20. The number of aryl methyl sites for hydroxylation is 1. The van der Waals surface area contributed by atoms with Crippen molar-refractivity contribution < 1.29 is 0 Å². The van der Waals surface area contributed by atoms with Crippen molar-refractivity contribution in [1.29, 1.82) is 0 Å². The van der Waals surface area contributed by atoms with Crippen LogP contribution in [0.3, 0.4) is 0 Å². The predicted molar refractivity (Wildman–Crippen MR) is 79.2 cm³/mol. The lowest BCUT2D eigenvalue weighted by Crippen LogP contribution is -2.14. The van der Waals surface area contributed by atoms with Crippen LogP contribution >= 0.6 is 28.7 Å². The molecular weight excluding hydrogens is 284 g/mol. The fourth-order valence-corrected chi connectivity index (χ4v) is 2.37. The number of nitrogens with zero attached hydrogens (tertiary/aromatic N) is 1. The number of benzene rings is 1. The molecule has 1 heterocycles. The maximum atomic E-state index is 4.46. The van der Waals surface area contributed by atoms with Crippen molar-refractivity contribution in [2.45, 2.75) is 20.3 Å². The molecule has 0 bridgehead atoms. The molecule has 16 heavy (non-hydrogen) atoms. The van der Waals surface area contributed by atoms with Crippen LogP contribution in [-0.2, 0) is 0 Å². The third-order valence-electron chi connectivity index (χ3n) is 2.64. The van der Waals surface area contributed by atoms with E-state index >= 15 is 0 Å². The Kier molecular flexibility index (Phi) is 5.35. The van der Waals surface area contributed by atoms with Gasteiger partial charge in [-0.2, -0.15) is 0 Å². The molecule has 88 valence electrons. The zero-order chi connectivity index (χ0) is 10.7. The molecule has 1 N–H and O–H groups in total. The van der Waals surface area contributed by atoms with E-state index in [0.717, 1.165) is 11.7 Å². The SMILES string of the molecule is Br.Cc1cccc(NC2=NCCCS2)c1C. The van der Waals surface area contributed by atoms with Gasteiger partial charge in [-0.25, -0.2) is 0 Å². The quantitative estimate of drug-likeness (QED) is 0.853. The molecule has 1 aliphatic rings. The summed E-state index contributed by atoms with van der Waals surface area (Å²) in [7, 11) is 0. The molecule has 1 aromatic rings. The molecule has 2 nitrogen and oxygen atoms in total. The first-order valence-electron chi connectivity index (χ1n) is 5.28. The number of amidine groups is 1. The lowest BCUT2D eigenvalue weighted by molar-refractivity contribution is 0.938. The second-order valence-electron chi connectivity index (χ2n) is 3.76. The van der Waals surface area contributed by atoms with E-state index in [9.17, 15) is 0 Å². The van der Waals surface area contributed by atoms with E-state index in [0.29, 0.717) is 0 Å². The fraction of sp³-hybridized carbons (Fsp3) is 0.417. The summed E-state index contributed by atoms with van der Waals surface area (Å²) in [6.45, 7) is 5.24. The lowest BCUT2D eigenvalue weighted by atomic mass is 10.1. The van der Waals surface area contributed by atoms with Gasteiger partial charge in [0.05, 0.1) is 0 Å². The molecule has 1 aromatic carbocycles. The normalized spacial score (nSPS) is 15.0. The molecule has 1 aliphatic heterocycles. The molecule has 0 fully saturated rings. The Morgan fingerprint density at radius 1 is 1.31 bits per heavy atom. The van der Waals surface area contributed by atoms with E-state index in [1.807, 2.05) is 11.8 Å². The zero-order valence-corrected chi connectivity index (χ0v) is 12.1. The van der Waals surface area contributed by atoms with Crippen LogP contribution in [0.1, 0.15) is 17.5 Å². The Morgan fingerprint density at radius 2 is 2.12 bits per heavy atom. The van der Waals surface area contributed by atoms with Gasteiger partial charge >= 0.3 is 0 Å². The van der Waals surface area contributed by atoms with Crippen molar-refractivity contribution in [2.75, 3.05) is 17.6 Å². The van der Waals surface area contributed by atoms with E-state index < -0.39 is 0 Å². The Morgan fingerprint density at radius 3 is 2.81 bits per heavy atom. The number of aliphatic imine (C=N–C) groups is 1. The second kappa shape index (κ2) is 6.30. The molecule has 0 amide bonds. The summed E-state index contributed by atoms with van der Waals surface area (Å²) in [4.78, 5) is 4.46. The summed E-state index contributed by atoms with van der Waals surface area (Å²) in [6, 6.07) is 6.33. The molecule has 0 aromatic heterocycles. The summed E-state index contributed by atoms with van der Waals surface area (Å²) in [5.41, 5.74) is 3.82. The van der Waals surface area contributed by atoms with Gasteiger partial charge in [-0.15, -0.1) is 17.0 Å². The van der Waals surface area contributed by atoms with Crippen molar-refractivity contribution in [3.8, 4) is 0 Å². The average Bonchev–Trinajstić information content (AvgIpc) is 2.26. The van der Waals surface area contributed by atoms with Crippen LogP contribution in [-0.4, -0.2) is 17.5 Å². The van der Waals surface area contributed by atoms with Crippen LogP contribution in [0.2, 0.25) is 0 Å². The maximum Gasteiger partial charge on any atom is 0.161 e. The maximum absolute atomic E-state index is 4.46. The van der Waals surface area contributed by atoms with Crippen LogP contribution in [0.15, 0.2) is 23.2 Å². The highest BCUT2D eigenvalue weighted by atomic mass is 79.9. The third kappa shape index (κ3) is 3.25. The summed E-state index contributed by atoms with van der Waals surface area (Å²) >= 11 is 1.81. The van der Waals surface area contributed by atoms with Gasteiger partial charge < -0.3 is 5.32 Å². The molecule has 2 rings (SSSR count). The first-order valence-corrected chi connectivity index (χ1v) is 6.26. The van der Waals surface area contributed by atoms with Crippen molar-refractivity contribution in [3.05, 3.63) is 29.3 Å². The largest absolute Gasteiger partial charge is 0.335 e. The highest BCUT2D eigenvalue weighted by molar-refractivity contribution is 8.93. The molecule has 0 radical (unpaired) electrons. The van der Waals surface area contributed by atoms with Crippen molar-refractivity contribution >= 4 is 39.6 Å². The highest BCUT2D eigenvalue weighted by Crippen LogP contribution is 2.21. The number of hydrogen-bond acceptors (Lipinski definition) is 3. The Labute approximate surface area is 112 Å². The number of rotatable bonds is 1. The average molecular weight is 301 g/mol. The third-order valence-corrected chi connectivity index (χ3v) is 3.64. The summed E-state index contributed by atoms with van der Waals surface area (Å²) in [5, 5.41) is 4.47. The van der Waals surface area contributed by atoms with Gasteiger partial charge in [-0.3, -0.25) is 4.99 Å². The van der Waals surface area contributed by atoms with E-state index in [4.69, 9.17) is 0 Å². The molecule has 0 spiro atoms. The summed E-state index contributed by atoms with van der Waals surface area (Å²) in [5.74, 6) is 1.18. The van der Waals surface area contributed by atoms with E-state index in [2.05, 4.69) is 42.4 Å². The number of thioether (sulfide) groups is 1. The number of anilines is 1. The van der Waals surface area contributed by atoms with Gasteiger partial charge in [-0.1, -0.05) is 23.9 Å². The first kappa shape index (κ1) is 13.6. The van der Waals surface area contributed by atoms with Crippen molar-refractivity contribution in [2.24, 2.45) is 4.99 Å². The molecule has 0 saturated heterocycles. The molecular formula is C12H17BrN2S. The van der Waals surface area contributed by atoms with Crippen LogP contribution < -0.4 is 5.32 Å². The molecule has 4 heteroatoms. The van der Waals surface area contributed by atoms with Gasteiger partial charge in [0.25, 0.3) is 0 Å². The zero-order valence-electron chi connectivity index (χ0n) is 9.62. The van der Waals surface area contributed by atoms with Gasteiger partial charge in [0.1, 0.15) is 0 Å². The predicted octanol–water partition coefficient (Wildman–Crippen LogP) is 3.79. The highest BCUT2D eigenvalue weighted by Gasteiger charge is 2.07. The van der Waals surface area contributed by atoms with Crippen LogP contribution in [0.4, 0.5) is 5.69 Å². The van der Waals surface area contributed by atoms with Crippen molar-refractivity contribution in [3.63, 3.8) is 0 Å². The Hall–Kier alpha value is -0.480. The van der Waals surface area contributed by atoms with Gasteiger partial charge in [-0.05, 0) is 37.5 Å². The topological polar surface area (TPSA) is 24.4 Å². The van der Waals surface area contributed by atoms with Gasteiger partial charge in [0.15, 0.2) is 5.17 Å². The van der Waals surface area contributed by atoms with E-state index in [1.54, 1.807) is 0 Å². The molecule has 0 atom stereocenters. The van der Waals surface area contributed by atoms with Gasteiger partial charge in [0.2, 0.25) is 0 Å².